The monoisotopic (exact) mass is 257 g/mol. The number of nitrogens with zero attached hydrogens (tertiary/aromatic N) is 1. The second-order valence-corrected chi connectivity index (χ2v) is 5.53. The van der Waals surface area contributed by atoms with Gasteiger partial charge in [0.15, 0.2) is 0 Å². The summed E-state index contributed by atoms with van der Waals surface area (Å²) in [6, 6.07) is 7.42. The Balaban J connectivity index is 1.81. The average molecular weight is 257 g/mol. The van der Waals surface area contributed by atoms with E-state index in [0.717, 1.165) is 23.4 Å². The zero-order valence-corrected chi connectivity index (χ0v) is 11.0. The summed E-state index contributed by atoms with van der Waals surface area (Å²) in [6.07, 6.45) is 8.76. The third kappa shape index (κ3) is 2.50. The Bertz CT molecular complexity index is 594. The number of hydrogen-bond donors (Lipinski definition) is 1. The maximum absolute atomic E-state index is 11.0. The summed E-state index contributed by atoms with van der Waals surface area (Å²) in [5.74, 6) is 0.00514. The Morgan fingerprint density at radius 1 is 1.26 bits per heavy atom. The number of carbonyl (C=O) groups is 1. The van der Waals surface area contributed by atoms with Crippen LogP contribution in [-0.4, -0.2) is 15.6 Å². The van der Waals surface area contributed by atoms with E-state index in [1.807, 2.05) is 6.07 Å². The molecule has 0 amide bonds. The largest absolute Gasteiger partial charge is 0.478 e. The molecule has 0 saturated heterocycles. The number of carboxylic acids is 1. The number of aromatic carboxylic acids is 1. The van der Waals surface area contributed by atoms with E-state index in [1.54, 1.807) is 12.1 Å². The fourth-order valence-electron chi connectivity index (χ4n) is 3.13. The minimum Gasteiger partial charge on any atom is -0.478 e. The molecule has 3 nitrogen and oxygen atoms in total. The van der Waals surface area contributed by atoms with Gasteiger partial charge in [0.2, 0.25) is 0 Å². The quantitative estimate of drug-likeness (QED) is 0.902. The van der Waals surface area contributed by atoms with Gasteiger partial charge in [-0.15, -0.1) is 0 Å². The van der Waals surface area contributed by atoms with Gasteiger partial charge in [-0.05, 0) is 35.9 Å². The van der Waals surface area contributed by atoms with E-state index >= 15 is 0 Å². The first-order chi connectivity index (χ1) is 9.24. The van der Waals surface area contributed by atoms with Crippen LogP contribution in [0.2, 0.25) is 0 Å². The molecule has 1 aliphatic carbocycles. The Morgan fingerprint density at radius 2 is 2.05 bits per heavy atom. The van der Waals surface area contributed by atoms with Crippen LogP contribution >= 0.6 is 0 Å². The van der Waals surface area contributed by atoms with Gasteiger partial charge in [0.1, 0.15) is 0 Å². The van der Waals surface area contributed by atoms with Crippen molar-refractivity contribution in [1.29, 1.82) is 0 Å². The highest BCUT2D eigenvalue weighted by atomic mass is 16.4. The smallest absolute Gasteiger partial charge is 0.335 e. The van der Waals surface area contributed by atoms with E-state index in [-0.39, 0.29) is 0 Å². The molecule has 0 unspecified atom stereocenters. The molecule has 19 heavy (non-hydrogen) atoms. The zero-order chi connectivity index (χ0) is 13.2. The number of carboxylic acid groups (broad SMARTS) is 1. The van der Waals surface area contributed by atoms with Crippen molar-refractivity contribution in [3.05, 3.63) is 36.0 Å². The van der Waals surface area contributed by atoms with Gasteiger partial charge in [0.05, 0.1) is 5.56 Å². The van der Waals surface area contributed by atoms with Gasteiger partial charge in [-0.25, -0.2) is 4.79 Å². The van der Waals surface area contributed by atoms with Crippen molar-refractivity contribution in [1.82, 2.24) is 4.57 Å². The lowest BCUT2D eigenvalue weighted by molar-refractivity contribution is 0.0697. The molecule has 1 aromatic carbocycles. The molecule has 100 valence electrons. The van der Waals surface area contributed by atoms with Crippen molar-refractivity contribution in [3.8, 4) is 0 Å². The summed E-state index contributed by atoms with van der Waals surface area (Å²) in [5, 5.41) is 10.2. The van der Waals surface area contributed by atoms with Gasteiger partial charge in [0, 0.05) is 18.3 Å². The predicted octanol–water partition coefficient (Wildman–Crippen LogP) is 3.92. The molecule has 0 spiro atoms. The molecule has 2 aromatic rings. The highest BCUT2D eigenvalue weighted by Crippen LogP contribution is 2.28. The van der Waals surface area contributed by atoms with Gasteiger partial charge >= 0.3 is 5.97 Å². The number of benzene rings is 1. The molecular weight excluding hydrogens is 238 g/mol. The van der Waals surface area contributed by atoms with E-state index < -0.39 is 5.97 Å². The van der Waals surface area contributed by atoms with Crippen molar-refractivity contribution in [2.24, 2.45) is 5.92 Å². The molecule has 0 atom stereocenters. The molecule has 3 rings (SSSR count). The second-order valence-electron chi connectivity index (χ2n) is 5.53. The minimum atomic E-state index is -0.856. The van der Waals surface area contributed by atoms with E-state index in [1.165, 1.54) is 32.1 Å². The maximum Gasteiger partial charge on any atom is 0.335 e. The molecule has 1 aromatic heterocycles. The molecule has 0 aliphatic heterocycles. The van der Waals surface area contributed by atoms with Crippen molar-refractivity contribution < 1.29 is 9.90 Å². The molecule has 1 heterocycles. The van der Waals surface area contributed by atoms with Gasteiger partial charge in [-0.2, -0.15) is 0 Å². The van der Waals surface area contributed by atoms with Crippen LogP contribution in [0.15, 0.2) is 30.5 Å². The predicted molar refractivity (Wildman–Crippen MR) is 75.5 cm³/mol. The average Bonchev–Trinajstić information content (AvgIpc) is 3.05. The molecular formula is C16H19NO2. The number of fused-ring (bicyclic) bond motifs is 1. The topological polar surface area (TPSA) is 42.2 Å². The standard InChI is InChI=1S/C16H19NO2/c18-16(19)14-6-5-13-8-10-17(15(13)11-14)9-7-12-3-1-2-4-12/h5-6,8,10-12H,1-4,7,9H2,(H,18,19). The third-order valence-corrected chi connectivity index (χ3v) is 4.27. The van der Waals surface area contributed by atoms with Crippen LogP contribution in [0.3, 0.4) is 0 Å². The molecule has 0 radical (unpaired) electrons. The van der Waals surface area contributed by atoms with Crippen LogP contribution in [0.25, 0.3) is 10.9 Å². The summed E-state index contributed by atoms with van der Waals surface area (Å²) in [6.45, 7) is 0.997. The van der Waals surface area contributed by atoms with E-state index in [0.29, 0.717) is 5.56 Å². The lowest BCUT2D eigenvalue weighted by Crippen LogP contribution is -2.03. The summed E-state index contributed by atoms with van der Waals surface area (Å²) >= 11 is 0. The molecule has 0 bridgehead atoms. The number of aromatic nitrogens is 1. The van der Waals surface area contributed by atoms with E-state index in [2.05, 4.69) is 16.8 Å². The minimum absolute atomic E-state index is 0.369. The first-order valence-corrected chi connectivity index (χ1v) is 7.06. The summed E-state index contributed by atoms with van der Waals surface area (Å²) in [7, 11) is 0. The van der Waals surface area contributed by atoms with Crippen LogP contribution in [0.5, 0.6) is 0 Å². The summed E-state index contributed by atoms with van der Waals surface area (Å²) < 4.78 is 2.19. The Kier molecular flexibility index (Phi) is 3.28. The van der Waals surface area contributed by atoms with Gasteiger partial charge in [-0.3, -0.25) is 0 Å². The maximum atomic E-state index is 11.0. The summed E-state index contributed by atoms with van der Waals surface area (Å²) in [4.78, 5) is 11.0. The summed E-state index contributed by atoms with van der Waals surface area (Å²) in [5.41, 5.74) is 1.41. The third-order valence-electron chi connectivity index (χ3n) is 4.27. The van der Waals surface area contributed by atoms with Crippen LogP contribution in [0, 0.1) is 5.92 Å². The van der Waals surface area contributed by atoms with Gasteiger partial charge < -0.3 is 9.67 Å². The number of aryl methyl sites for hydroxylation is 1. The Morgan fingerprint density at radius 3 is 2.79 bits per heavy atom. The highest BCUT2D eigenvalue weighted by Gasteiger charge is 2.15. The van der Waals surface area contributed by atoms with Crippen LogP contribution in [-0.2, 0) is 6.54 Å². The number of hydrogen-bond acceptors (Lipinski definition) is 1. The highest BCUT2D eigenvalue weighted by molar-refractivity contribution is 5.93. The lowest BCUT2D eigenvalue weighted by Gasteiger charge is -2.10. The second kappa shape index (κ2) is 5.08. The molecule has 1 saturated carbocycles. The SMILES string of the molecule is O=C(O)c1ccc2ccn(CCC3CCCC3)c2c1. The van der Waals surface area contributed by atoms with Crippen LogP contribution in [0.1, 0.15) is 42.5 Å². The Labute approximate surface area is 112 Å². The van der Waals surface area contributed by atoms with E-state index in [9.17, 15) is 4.79 Å². The fourth-order valence-corrected chi connectivity index (χ4v) is 3.13. The molecule has 1 aliphatic rings. The molecule has 1 N–H and O–H groups in total. The first kappa shape index (κ1) is 12.3. The van der Waals surface area contributed by atoms with Crippen molar-refractivity contribution in [2.75, 3.05) is 0 Å². The normalized spacial score (nSPS) is 16.2. The molecule has 1 fully saturated rings. The van der Waals surface area contributed by atoms with Gasteiger partial charge in [-0.1, -0.05) is 31.7 Å². The van der Waals surface area contributed by atoms with E-state index in [4.69, 9.17) is 5.11 Å². The zero-order valence-electron chi connectivity index (χ0n) is 11.0. The first-order valence-electron chi connectivity index (χ1n) is 7.06. The lowest BCUT2D eigenvalue weighted by atomic mass is 10.0. The number of rotatable bonds is 4. The molecule has 3 heteroatoms. The van der Waals surface area contributed by atoms with Gasteiger partial charge in [0.25, 0.3) is 0 Å². The van der Waals surface area contributed by atoms with Crippen molar-refractivity contribution >= 4 is 16.9 Å². The van der Waals surface area contributed by atoms with Crippen molar-refractivity contribution in [3.63, 3.8) is 0 Å². The van der Waals surface area contributed by atoms with Crippen LogP contribution < -0.4 is 0 Å². The fraction of sp³-hybridized carbons (Fsp3) is 0.438. The Hall–Kier alpha value is -1.77. The van der Waals surface area contributed by atoms with Crippen LogP contribution in [0.4, 0.5) is 0 Å². The van der Waals surface area contributed by atoms with Crippen molar-refractivity contribution in [2.45, 2.75) is 38.6 Å².